The predicted octanol–water partition coefficient (Wildman–Crippen LogP) is 3.55. The van der Waals surface area contributed by atoms with Crippen LogP contribution in [-0.4, -0.2) is 31.7 Å². The van der Waals surface area contributed by atoms with Crippen LogP contribution >= 0.6 is 11.6 Å². The minimum Gasteiger partial charge on any atom is -0.326 e. The summed E-state index contributed by atoms with van der Waals surface area (Å²) in [5, 5.41) is 3.34. The van der Waals surface area contributed by atoms with Crippen molar-refractivity contribution in [2.75, 3.05) is 18.4 Å². The molecular formula is C18H21ClN2O3S. The quantitative estimate of drug-likeness (QED) is 0.798. The lowest BCUT2D eigenvalue weighted by Crippen LogP contribution is -2.30. The number of nitrogens with zero attached hydrogens (tertiary/aromatic N) is 1. The first-order valence-electron chi connectivity index (χ1n) is 8.01. The van der Waals surface area contributed by atoms with E-state index in [1.165, 1.54) is 16.4 Å². The number of nitrogens with one attached hydrogen (secondary N) is 1. The molecule has 0 saturated carbocycles. The highest BCUT2D eigenvalue weighted by atomic mass is 35.5. The van der Waals surface area contributed by atoms with E-state index in [0.29, 0.717) is 23.8 Å². The molecule has 25 heavy (non-hydrogen) atoms. The highest BCUT2D eigenvalue weighted by Gasteiger charge is 2.21. The Hall–Kier alpha value is -1.89. The van der Waals surface area contributed by atoms with Gasteiger partial charge in [0, 0.05) is 23.8 Å². The van der Waals surface area contributed by atoms with E-state index in [2.05, 4.69) is 5.32 Å². The lowest BCUT2D eigenvalue weighted by molar-refractivity contribution is -0.115. The maximum absolute atomic E-state index is 12.4. The number of sulfonamides is 1. The normalized spacial score (nSPS) is 11.5. The molecule has 0 bridgehead atoms. The van der Waals surface area contributed by atoms with Crippen LogP contribution in [0.15, 0.2) is 53.4 Å². The standard InChI is InChI=1S/C18H21ClN2O3S/c1-3-21(4-2)25(23,24)17-10-8-16(9-11-17)20-18(22)13-14-6-5-7-15(19)12-14/h5-12H,3-4,13H2,1-2H3,(H,20,22). The number of amides is 1. The minimum absolute atomic E-state index is 0.193. The summed E-state index contributed by atoms with van der Waals surface area (Å²) in [6.07, 6.45) is 0.195. The van der Waals surface area contributed by atoms with E-state index in [1.54, 1.807) is 44.2 Å². The van der Waals surface area contributed by atoms with Gasteiger partial charge in [0.2, 0.25) is 15.9 Å². The van der Waals surface area contributed by atoms with Crippen LogP contribution in [0.4, 0.5) is 5.69 Å². The Morgan fingerprint density at radius 3 is 2.28 bits per heavy atom. The Bertz CT molecular complexity index is 832. The second-order valence-corrected chi connectivity index (χ2v) is 7.84. The largest absolute Gasteiger partial charge is 0.326 e. The maximum atomic E-state index is 12.4. The molecule has 0 radical (unpaired) electrons. The molecule has 0 fully saturated rings. The Balaban J connectivity index is 2.06. The van der Waals surface area contributed by atoms with Crippen molar-refractivity contribution in [2.24, 2.45) is 0 Å². The fraction of sp³-hybridized carbons (Fsp3) is 0.278. The molecule has 1 N–H and O–H groups in total. The van der Waals surface area contributed by atoms with Gasteiger partial charge in [0.25, 0.3) is 0 Å². The molecule has 5 nitrogen and oxygen atoms in total. The van der Waals surface area contributed by atoms with Gasteiger partial charge >= 0.3 is 0 Å². The molecule has 0 aliphatic heterocycles. The topological polar surface area (TPSA) is 66.5 Å². The maximum Gasteiger partial charge on any atom is 0.243 e. The van der Waals surface area contributed by atoms with Crippen molar-refractivity contribution in [3.05, 3.63) is 59.1 Å². The number of halogens is 1. The second-order valence-electron chi connectivity index (χ2n) is 5.47. The monoisotopic (exact) mass is 380 g/mol. The van der Waals surface area contributed by atoms with Crippen molar-refractivity contribution in [1.82, 2.24) is 4.31 Å². The van der Waals surface area contributed by atoms with Crippen LogP contribution < -0.4 is 5.32 Å². The summed E-state index contributed by atoms with van der Waals surface area (Å²) in [7, 11) is -3.49. The van der Waals surface area contributed by atoms with Crippen molar-refractivity contribution in [3.63, 3.8) is 0 Å². The van der Waals surface area contributed by atoms with Gasteiger partial charge in [-0.25, -0.2) is 8.42 Å². The molecule has 7 heteroatoms. The van der Waals surface area contributed by atoms with Gasteiger partial charge < -0.3 is 5.32 Å². The minimum atomic E-state index is -3.49. The molecule has 0 saturated heterocycles. The van der Waals surface area contributed by atoms with Gasteiger partial charge in [0.1, 0.15) is 0 Å². The molecule has 0 unspecified atom stereocenters. The third kappa shape index (κ3) is 5.04. The molecule has 2 aromatic rings. The predicted molar refractivity (Wildman–Crippen MR) is 100 cm³/mol. The Labute approximate surface area is 153 Å². The van der Waals surface area contributed by atoms with E-state index < -0.39 is 10.0 Å². The molecule has 0 aliphatic rings. The van der Waals surface area contributed by atoms with E-state index in [-0.39, 0.29) is 17.2 Å². The molecule has 2 rings (SSSR count). The summed E-state index contributed by atoms with van der Waals surface area (Å²) < 4.78 is 26.2. The van der Waals surface area contributed by atoms with Crippen LogP contribution in [0.5, 0.6) is 0 Å². The molecule has 0 spiro atoms. The fourth-order valence-corrected chi connectivity index (χ4v) is 4.13. The first-order valence-corrected chi connectivity index (χ1v) is 9.83. The lowest BCUT2D eigenvalue weighted by Gasteiger charge is -2.18. The summed E-state index contributed by atoms with van der Waals surface area (Å²) in [5.41, 5.74) is 1.36. The van der Waals surface area contributed by atoms with Gasteiger partial charge in [-0.1, -0.05) is 37.6 Å². The SMILES string of the molecule is CCN(CC)S(=O)(=O)c1ccc(NC(=O)Cc2cccc(Cl)c2)cc1. The second kappa shape index (κ2) is 8.47. The number of carbonyl (C=O) groups excluding carboxylic acids is 1. The van der Waals surface area contributed by atoms with Crippen molar-refractivity contribution in [2.45, 2.75) is 25.2 Å². The van der Waals surface area contributed by atoms with Crippen LogP contribution in [0.2, 0.25) is 5.02 Å². The third-order valence-electron chi connectivity index (χ3n) is 3.73. The van der Waals surface area contributed by atoms with Crippen LogP contribution in [0, 0.1) is 0 Å². The summed E-state index contributed by atoms with van der Waals surface area (Å²) in [5.74, 6) is -0.193. The van der Waals surface area contributed by atoms with Crippen LogP contribution in [0.25, 0.3) is 0 Å². The fourth-order valence-electron chi connectivity index (χ4n) is 2.46. The smallest absolute Gasteiger partial charge is 0.243 e. The number of anilines is 1. The average molecular weight is 381 g/mol. The molecule has 2 aromatic carbocycles. The van der Waals surface area contributed by atoms with Crippen molar-refractivity contribution in [3.8, 4) is 0 Å². The summed E-state index contributed by atoms with van der Waals surface area (Å²) >= 11 is 5.91. The van der Waals surface area contributed by atoms with E-state index in [1.807, 2.05) is 6.07 Å². The van der Waals surface area contributed by atoms with Gasteiger partial charge in [-0.15, -0.1) is 0 Å². The third-order valence-corrected chi connectivity index (χ3v) is 6.03. The molecular weight excluding hydrogens is 360 g/mol. The van der Waals surface area contributed by atoms with E-state index >= 15 is 0 Å². The van der Waals surface area contributed by atoms with Crippen molar-refractivity contribution < 1.29 is 13.2 Å². The Kier molecular flexibility index (Phi) is 6.58. The van der Waals surface area contributed by atoms with Crippen LogP contribution in [0.3, 0.4) is 0 Å². The van der Waals surface area contributed by atoms with Gasteiger partial charge in [0.05, 0.1) is 11.3 Å². The van der Waals surface area contributed by atoms with E-state index in [9.17, 15) is 13.2 Å². The number of benzene rings is 2. The summed E-state index contributed by atoms with van der Waals surface area (Å²) in [4.78, 5) is 12.3. The van der Waals surface area contributed by atoms with Gasteiger partial charge in [-0.2, -0.15) is 4.31 Å². The molecule has 134 valence electrons. The highest BCUT2D eigenvalue weighted by Crippen LogP contribution is 2.18. The van der Waals surface area contributed by atoms with Gasteiger partial charge in [-0.3, -0.25) is 4.79 Å². The molecule has 0 aromatic heterocycles. The Morgan fingerprint density at radius 2 is 1.72 bits per heavy atom. The number of rotatable bonds is 7. The zero-order valence-corrected chi connectivity index (χ0v) is 15.8. The first-order chi connectivity index (χ1) is 11.9. The zero-order valence-electron chi connectivity index (χ0n) is 14.2. The Morgan fingerprint density at radius 1 is 1.08 bits per heavy atom. The van der Waals surface area contributed by atoms with E-state index in [4.69, 9.17) is 11.6 Å². The zero-order chi connectivity index (χ0) is 18.4. The molecule has 0 aliphatic carbocycles. The van der Waals surface area contributed by atoms with Crippen LogP contribution in [-0.2, 0) is 21.2 Å². The molecule has 0 atom stereocenters. The number of hydrogen-bond acceptors (Lipinski definition) is 3. The van der Waals surface area contributed by atoms with Crippen molar-refractivity contribution >= 4 is 33.2 Å². The van der Waals surface area contributed by atoms with Gasteiger partial charge in [0.15, 0.2) is 0 Å². The number of carbonyl (C=O) groups is 1. The lowest BCUT2D eigenvalue weighted by atomic mass is 10.1. The summed E-state index contributed by atoms with van der Waals surface area (Å²) in [6.45, 7) is 4.42. The highest BCUT2D eigenvalue weighted by molar-refractivity contribution is 7.89. The summed E-state index contributed by atoms with van der Waals surface area (Å²) in [6, 6.07) is 13.3. The van der Waals surface area contributed by atoms with Crippen molar-refractivity contribution in [1.29, 1.82) is 0 Å². The van der Waals surface area contributed by atoms with Crippen LogP contribution in [0.1, 0.15) is 19.4 Å². The molecule has 1 amide bonds. The van der Waals surface area contributed by atoms with E-state index in [0.717, 1.165) is 5.56 Å². The first kappa shape index (κ1) is 19.4. The number of hydrogen-bond donors (Lipinski definition) is 1. The molecule has 0 heterocycles. The average Bonchev–Trinajstić information content (AvgIpc) is 2.56. The van der Waals surface area contributed by atoms with Gasteiger partial charge in [-0.05, 0) is 42.0 Å².